The molecule has 0 amide bonds. The van der Waals surface area contributed by atoms with Crippen molar-refractivity contribution >= 4 is 0 Å². The molecule has 1 N–H and O–H groups in total. The molecule has 100 valence electrons. The van der Waals surface area contributed by atoms with Gasteiger partial charge >= 0.3 is 0 Å². The van der Waals surface area contributed by atoms with E-state index in [1.807, 2.05) is 18.5 Å². The third-order valence-electron chi connectivity index (χ3n) is 4.36. The van der Waals surface area contributed by atoms with E-state index in [0.717, 1.165) is 19.6 Å². The van der Waals surface area contributed by atoms with Crippen LogP contribution in [0.3, 0.4) is 0 Å². The summed E-state index contributed by atoms with van der Waals surface area (Å²) in [7, 11) is 0. The van der Waals surface area contributed by atoms with Crippen molar-refractivity contribution in [2.24, 2.45) is 0 Å². The smallest absolute Gasteiger partial charge is 0.0333 e. The minimum Gasteiger partial charge on any atom is -0.311 e. The molecule has 2 heterocycles. The SMILES string of the molecule is CCC1(CC)CNC(C)CN1Cc1cccnc1. The lowest BCUT2D eigenvalue weighted by Gasteiger charge is -2.49. The van der Waals surface area contributed by atoms with Crippen molar-refractivity contribution in [2.75, 3.05) is 13.1 Å². The van der Waals surface area contributed by atoms with Gasteiger partial charge in [-0.2, -0.15) is 0 Å². The van der Waals surface area contributed by atoms with E-state index in [-0.39, 0.29) is 0 Å². The van der Waals surface area contributed by atoms with Crippen molar-refractivity contribution in [3.05, 3.63) is 30.1 Å². The molecule has 1 aromatic rings. The Bertz CT molecular complexity index is 359. The molecule has 1 aliphatic rings. The summed E-state index contributed by atoms with van der Waals surface area (Å²) in [6.07, 6.45) is 6.23. The lowest BCUT2D eigenvalue weighted by Crippen LogP contribution is -2.63. The maximum Gasteiger partial charge on any atom is 0.0333 e. The van der Waals surface area contributed by atoms with E-state index in [9.17, 15) is 0 Å². The fraction of sp³-hybridized carbons (Fsp3) is 0.667. The molecule has 0 aliphatic carbocycles. The first-order chi connectivity index (χ1) is 8.70. The summed E-state index contributed by atoms with van der Waals surface area (Å²) in [5.74, 6) is 0. The molecule has 1 saturated heterocycles. The van der Waals surface area contributed by atoms with E-state index in [2.05, 4.69) is 42.0 Å². The van der Waals surface area contributed by atoms with Crippen LogP contribution in [-0.4, -0.2) is 34.6 Å². The number of piperazine rings is 1. The number of hydrogen-bond donors (Lipinski definition) is 1. The number of rotatable bonds is 4. The summed E-state index contributed by atoms with van der Waals surface area (Å²) in [4.78, 5) is 6.87. The van der Waals surface area contributed by atoms with Crippen molar-refractivity contribution in [3.8, 4) is 0 Å². The van der Waals surface area contributed by atoms with Crippen molar-refractivity contribution in [1.82, 2.24) is 15.2 Å². The number of nitrogens with zero attached hydrogens (tertiary/aromatic N) is 2. The summed E-state index contributed by atoms with van der Waals surface area (Å²) in [5, 5.41) is 3.63. The lowest BCUT2D eigenvalue weighted by atomic mass is 9.87. The Morgan fingerprint density at radius 2 is 2.22 bits per heavy atom. The molecule has 0 bridgehead atoms. The second kappa shape index (κ2) is 5.81. The molecule has 0 saturated carbocycles. The van der Waals surface area contributed by atoms with Gasteiger partial charge in [-0.1, -0.05) is 19.9 Å². The van der Waals surface area contributed by atoms with Gasteiger partial charge in [-0.05, 0) is 31.4 Å². The minimum absolute atomic E-state index is 0.308. The average Bonchev–Trinajstić information content (AvgIpc) is 2.41. The fourth-order valence-electron chi connectivity index (χ4n) is 2.96. The predicted molar refractivity (Wildman–Crippen MR) is 75.4 cm³/mol. The van der Waals surface area contributed by atoms with Crippen LogP contribution in [0.2, 0.25) is 0 Å². The van der Waals surface area contributed by atoms with Crippen molar-refractivity contribution in [2.45, 2.75) is 51.7 Å². The first-order valence-corrected chi connectivity index (χ1v) is 7.07. The van der Waals surface area contributed by atoms with Crippen LogP contribution < -0.4 is 5.32 Å². The molecule has 3 nitrogen and oxygen atoms in total. The largest absolute Gasteiger partial charge is 0.311 e. The van der Waals surface area contributed by atoms with Crippen molar-refractivity contribution in [1.29, 1.82) is 0 Å². The third-order valence-corrected chi connectivity index (χ3v) is 4.36. The highest BCUT2D eigenvalue weighted by Crippen LogP contribution is 2.28. The Morgan fingerprint density at radius 1 is 1.44 bits per heavy atom. The van der Waals surface area contributed by atoms with Crippen LogP contribution in [-0.2, 0) is 6.54 Å². The maximum absolute atomic E-state index is 4.23. The van der Waals surface area contributed by atoms with Gasteiger partial charge in [0.05, 0.1) is 0 Å². The highest BCUT2D eigenvalue weighted by atomic mass is 15.3. The molecule has 1 fully saturated rings. The number of pyridine rings is 1. The van der Waals surface area contributed by atoms with Crippen LogP contribution in [0.25, 0.3) is 0 Å². The van der Waals surface area contributed by atoms with E-state index >= 15 is 0 Å². The first kappa shape index (κ1) is 13.5. The predicted octanol–water partition coefficient (Wildman–Crippen LogP) is 2.43. The number of nitrogens with one attached hydrogen (secondary N) is 1. The topological polar surface area (TPSA) is 28.2 Å². The molecule has 1 aromatic heterocycles. The quantitative estimate of drug-likeness (QED) is 0.885. The monoisotopic (exact) mass is 247 g/mol. The lowest BCUT2D eigenvalue weighted by molar-refractivity contribution is 0.0278. The average molecular weight is 247 g/mol. The number of hydrogen-bond acceptors (Lipinski definition) is 3. The zero-order valence-corrected chi connectivity index (χ0v) is 11.8. The molecule has 2 rings (SSSR count). The van der Waals surface area contributed by atoms with Crippen LogP contribution in [0, 0.1) is 0 Å². The van der Waals surface area contributed by atoms with E-state index in [0.29, 0.717) is 11.6 Å². The molecule has 1 unspecified atom stereocenters. The molecule has 1 aliphatic heterocycles. The van der Waals surface area contributed by atoms with E-state index in [1.54, 1.807) is 0 Å². The van der Waals surface area contributed by atoms with E-state index < -0.39 is 0 Å². The molecular weight excluding hydrogens is 222 g/mol. The summed E-state index contributed by atoms with van der Waals surface area (Å²) in [6, 6.07) is 4.78. The second-order valence-corrected chi connectivity index (χ2v) is 5.46. The minimum atomic E-state index is 0.308. The Morgan fingerprint density at radius 3 is 2.83 bits per heavy atom. The normalized spacial score (nSPS) is 24.1. The standard InChI is InChI=1S/C15H25N3/c1-4-15(5-2)12-17-13(3)10-18(15)11-14-7-6-8-16-9-14/h6-9,13,17H,4-5,10-12H2,1-3H3. The zero-order valence-electron chi connectivity index (χ0n) is 11.8. The summed E-state index contributed by atoms with van der Waals surface area (Å²) < 4.78 is 0. The van der Waals surface area contributed by atoms with Gasteiger partial charge in [-0.3, -0.25) is 9.88 Å². The van der Waals surface area contributed by atoms with Gasteiger partial charge in [0.15, 0.2) is 0 Å². The van der Waals surface area contributed by atoms with Crippen LogP contribution in [0.1, 0.15) is 39.2 Å². The van der Waals surface area contributed by atoms with Crippen LogP contribution in [0.15, 0.2) is 24.5 Å². The molecule has 0 radical (unpaired) electrons. The molecule has 0 spiro atoms. The number of aromatic nitrogens is 1. The van der Waals surface area contributed by atoms with E-state index in [4.69, 9.17) is 0 Å². The third kappa shape index (κ3) is 2.73. The Hall–Kier alpha value is -0.930. The van der Waals surface area contributed by atoms with Gasteiger partial charge in [0.2, 0.25) is 0 Å². The van der Waals surface area contributed by atoms with Crippen LogP contribution in [0.5, 0.6) is 0 Å². The summed E-state index contributed by atoms with van der Waals surface area (Å²) >= 11 is 0. The van der Waals surface area contributed by atoms with Crippen LogP contribution in [0.4, 0.5) is 0 Å². The second-order valence-electron chi connectivity index (χ2n) is 5.46. The molecule has 18 heavy (non-hydrogen) atoms. The highest BCUT2D eigenvalue weighted by Gasteiger charge is 2.37. The fourth-order valence-corrected chi connectivity index (χ4v) is 2.96. The maximum atomic E-state index is 4.23. The molecular formula is C15H25N3. The van der Waals surface area contributed by atoms with Gasteiger partial charge in [-0.15, -0.1) is 0 Å². The first-order valence-electron chi connectivity index (χ1n) is 7.07. The summed E-state index contributed by atoms with van der Waals surface area (Å²) in [6.45, 7) is 10.1. The Kier molecular flexibility index (Phi) is 4.36. The van der Waals surface area contributed by atoms with Crippen molar-refractivity contribution < 1.29 is 0 Å². The zero-order chi connectivity index (χ0) is 13.0. The van der Waals surface area contributed by atoms with Gasteiger partial charge in [-0.25, -0.2) is 0 Å². The van der Waals surface area contributed by atoms with Gasteiger partial charge in [0.25, 0.3) is 0 Å². The highest BCUT2D eigenvalue weighted by molar-refractivity contribution is 5.10. The van der Waals surface area contributed by atoms with E-state index in [1.165, 1.54) is 18.4 Å². The Labute approximate surface area is 111 Å². The summed E-state index contributed by atoms with van der Waals surface area (Å²) in [5.41, 5.74) is 1.63. The van der Waals surface area contributed by atoms with Gasteiger partial charge < -0.3 is 5.32 Å². The van der Waals surface area contributed by atoms with Gasteiger partial charge in [0, 0.05) is 43.6 Å². The van der Waals surface area contributed by atoms with Crippen molar-refractivity contribution in [3.63, 3.8) is 0 Å². The van der Waals surface area contributed by atoms with Gasteiger partial charge in [0.1, 0.15) is 0 Å². The molecule has 1 atom stereocenters. The molecule has 3 heteroatoms. The Balaban J connectivity index is 2.15. The molecule has 0 aromatic carbocycles. The van der Waals surface area contributed by atoms with Crippen LogP contribution >= 0.6 is 0 Å².